The van der Waals surface area contributed by atoms with Crippen molar-refractivity contribution in [3.63, 3.8) is 0 Å². The fourth-order valence-corrected chi connectivity index (χ4v) is 3.13. The molecule has 0 saturated heterocycles. The number of rotatable bonds is 6. The maximum Gasteiger partial charge on any atom is 0.295 e. The monoisotopic (exact) mass is 416 g/mol. The average molecular weight is 416 g/mol. The van der Waals surface area contributed by atoms with Gasteiger partial charge in [0.05, 0.1) is 12.3 Å². The fraction of sp³-hybridized carbons (Fsp3) is 0.125. The third-order valence-corrected chi connectivity index (χ3v) is 4.58. The Morgan fingerprint density at radius 3 is 2.48 bits per heavy atom. The van der Waals surface area contributed by atoms with E-state index in [1.807, 2.05) is 62.4 Å². The Kier molecular flexibility index (Phi) is 5.75. The highest BCUT2D eigenvalue weighted by atomic mass is 19.1. The van der Waals surface area contributed by atoms with Crippen LogP contribution in [0, 0.1) is 12.7 Å². The van der Waals surface area contributed by atoms with Gasteiger partial charge in [-0.25, -0.2) is 14.1 Å². The summed E-state index contributed by atoms with van der Waals surface area (Å²) in [5, 5.41) is 7.16. The second kappa shape index (κ2) is 8.79. The van der Waals surface area contributed by atoms with Crippen LogP contribution in [-0.4, -0.2) is 27.3 Å². The maximum atomic E-state index is 13.1. The lowest BCUT2D eigenvalue weighted by molar-refractivity contribution is 0.101. The zero-order valence-corrected chi connectivity index (χ0v) is 17.2. The molecule has 1 aromatic heterocycles. The molecule has 0 atom stereocenters. The summed E-state index contributed by atoms with van der Waals surface area (Å²) in [6.07, 6.45) is 0. The number of aromatic nitrogens is 3. The van der Waals surface area contributed by atoms with Crippen molar-refractivity contribution in [2.24, 2.45) is 0 Å². The number of carbonyl (C=O) groups is 1. The normalized spacial score (nSPS) is 10.7. The van der Waals surface area contributed by atoms with Crippen LogP contribution in [0.2, 0.25) is 0 Å². The zero-order chi connectivity index (χ0) is 21.8. The van der Waals surface area contributed by atoms with E-state index in [0.29, 0.717) is 18.1 Å². The Morgan fingerprint density at radius 1 is 1.06 bits per heavy atom. The summed E-state index contributed by atoms with van der Waals surface area (Å²) >= 11 is 0. The predicted octanol–water partition coefficient (Wildman–Crippen LogP) is 5.03. The minimum atomic E-state index is -0.481. The van der Waals surface area contributed by atoms with Gasteiger partial charge >= 0.3 is 0 Å². The van der Waals surface area contributed by atoms with Crippen LogP contribution in [0.1, 0.15) is 23.1 Å². The van der Waals surface area contributed by atoms with Crippen molar-refractivity contribution in [2.75, 3.05) is 11.9 Å². The molecule has 0 aliphatic carbocycles. The van der Waals surface area contributed by atoms with Gasteiger partial charge in [-0.15, -0.1) is 5.10 Å². The minimum absolute atomic E-state index is 0.00900. The van der Waals surface area contributed by atoms with Crippen LogP contribution in [-0.2, 0) is 0 Å². The molecular weight excluding hydrogens is 395 g/mol. The van der Waals surface area contributed by atoms with Gasteiger partial charge in [0, 0.05) is 11.3 Å². The second-order valence-electron chi connectivity index (χ2n) is 6.93. The molecule has 0 aliphatic rings. The molecule has 7 heteroatoms. The van der Waals surface area contributed by atoms with Gasteiger partial charge in [-0.05, 0) is 68.4 Å². The first kappa shape index (κ1) is 20.3. The van der Waals surface area contributed by atoms with Crippen molar-refractivity contribution < 1.29 is 13.9 Å². The van der Waals surface area contributed by atoms with Crippen molar-refractivity contribution >= 4 is 11.6 Å². The lowest BCUT2D eigenvalue weighted by Crippen LogP contribution is -2.14. The molecule has 0 bridgehead atoms. The Morgan fingerprint density at radius 2 is 1.81 bits per heavy atom. The first-order valence-electron chi connectivity index (χ1n) is 9.88. The lowest BCUT2D eigenvalue weighted by atomic mass is 10.1. The summed E-state index contributed by atoms with van der Waals surface area (Å²) in [6, 6.07) is 20.8. The van der Waals surface area contributed by atoms with E-state index in [2.05, 4.69) is 15.4 Å². The van der Waals surface area contributed by atoms with Gasteiger partial charge in [0.1, 0.15) is 11.6 Å². The van der Waals surface area contributed by atoms with E-state index in [-0.39, 0.29) is 11.6 Å². The summed E-state index contributed by atoms with van der Waals surface area (Å²) in [4.78, 5) is 17.3. The zero-order valence-electron chi connectivity index (χ0n) is 17.2. The molecule has 1 amide bonds. The molecule has 1 N–H and O–H groups in total. The van der Waals surface area contributed by atoms with E-state index in [0.717, 1.165) is 22.6 Å². The number of anilines is 1. The standard InChI is InChI=1S/C24H21FN4O2/c1-3-31-21-13-11-20(12-14-21)29-23(17-6-4-5-16(2)15-17)27-22(28-29)24(30)26-19-9-7-18(25)8-10-19/h4-15H,3H2,1-2H3,(H,26,30). The van der Waals surface area contributed by atoms with E-state index in [4.69, 9.17) is 4.74 Å². The smallest absolute Gasteiger partial charge is 0.295 e. The van der Waals surface area contributed by atoms with Crippen LogP contribution >= 0.6 is 0 Å². The maximum absolute atomic E-state index is 13.1. The number of benzene rings is 3. The van der Waals surface area contributed by atoms with Crippen LogP contribution in [0.25, 0.3) is 17.1 Å². The Balaban J connectivity index is 1.72. The molecule has 31 heavy (non-hydrogen) atoms. The first-order valence-corrected chi connectivity index (χ1v) is 9.88. The van der Waals surface area contributed by atoms with Crippen LogP contribution in [0.15, 0.2) is 72.8 Å². The fourth-order valence-electron chi connectivity index (χ4n) is 3.13. The molecule has 4 aromatic rings. The molecule has 156 valence electrons. The van der Waals surface area contributed by atoms with Crippen LogP contribution in [0.4, 0.5) is 10.1 Å². The number of amides is 1. The highest BCUT2D eigenvalue weighted by Crippen LogP contribution is 2.24. The topological polar surface area (TPSA) is 69.0 Å². The van der Waals surface area contributed by atoms with Gasteiger partial charge in [-0.3, -0.25) is 4.79 Å². The number of carbonyl (C=O) groups excluding carboxylic acids is 1. The average Bonchev–Trinajstić information content (AvgIpc) is 3.22. The quantitative estimate of drug-likeness (QED) is 0.479. The van der Waals surface area contributed by atoms with Crippen molar-refractivity contribution in [1.29, 1.82) is 0 Å². The summed E-state index contributed by atoms with van der Waals surface area (Å²) in [5.74, 6) is 0.437. The Labute approximate surface area is 179 Å². The van der Waals surface area contributed by atoms with E-state index in [9.17, 15) is 9.18 Å². The molecule has 0 aliphatic heterocycles. The molecule has 0 radical (unpaired) electrons. The lowest BCUT2D eigenvalue weighted by Gasteiger charge is -2.08. The Hall–Kier alpha value is -4.00. The number of hydrogen-bond donors (Lipinski definition) is 1. The van der Waals surface area contributed by atoms with E-state index in [1.165, 1.54) is 24.3 Å². The number of ether oxygens (including phenoxy) is 1. The van der Waals surface area contributed by atoms with Crippen molar-refractivity contribution in [1.82, 2.24) is 14.8 Å². The minimum Gasteiger partial charge on any atom is -0.494 e. The molecule has 4 rings (SSSR count). The molecule has 6 nitrogen and oxygen atoms in total. The summed E-state index contributed by atoms with van der Waals surface area (Å²) < 4.78 is 20.3. The molecule has 0 spiro atoms. The highest BCUT2D eigenvalue weighted by Gasteiger charge is 2.19. The van der Waals surface area contributed by atoms with Gasteiger partial charge in [0.15, 0.2) is 5.82 Å². The number of halogens is 1. The van der Waals surface area contributed by atoms with Gasteiger partial charge in [-0.1, -0.05) is 23.8 Å². The van der Waals surface area contributed by atoms with Crippen molar-refractivity contribution in [3.05, 3.63) is 90.0 Å². The highest BCUT2D eigenvalue weighted by molar-refractivity contribution is 6.01. The molecular formula is C24H21FN4O2. The number of hydrogen-bond acceptors (Lipinski definition) is 4. The summed E-state index contributed by atoms with van der Waals surface area (Å²) in [5.41, 5.74) is 3.10. The van der Waals surface area contributed by atoms with Crippen molar-refractivity contribution in [3.8, 4) is 22.8 Å². The number of nitrogens with zero attached hydrogens (tertiary/aromatic N) is 3. The largest absolute Gasteiger partial charge is 0.494 e. The van der Waals surface area contributed by atoms with Crippen molar-refractivity contribution in [2.45, 2.75) is 13.8 Å². The van der Waals surface area contributed by atoms with Gasteiger partial charge in [0.25, 0.3) is 5.91 Å². The van der Waals surface area contributed by atoms with Gasteiger partial charge in [0.2, 0.25) is 5.82 Å². The second-order valence-corrected chi connectivity index (χ2v) is 6.93. The SMILES string of the molecule is CCOc1ccc(-n2nc(C(=O)Nc3ccc(F)cc3)nc2-c2cccc(C)c2)cc1. The molecule has 0 saturated carbocycles. The first-order chi connectivity index (χ1) is 15.0. The third kappa shape index (κ3) is 4.61. The third-order valence-electron chi connectivity index (χ3n) is 4.58. The summed E-state index contributed by atoms with van der Waals surface area (Å²) in [7, 11) is 0. The Bertz CT molecular complexity index is 1200. The van der Waals surface area contributed by atoms with Crippen LogP contribution < -0.4 is 10.1 Å². The van der Waals surface area contributed by atoms with E-state index in [1.54, 1.807) is 4.68 Å². The van der Waals surface area contributed by atoms with Gasteiger partial charge in [-0.2, -0.15) is 0 Å². The van der Waals surface area contributed by atoms with E-state index >= 15 is 0 Å². The van der Waals surface area contributed by atoms with Crippen LogP contribution in [0.5, 0.6) is 5.75 Å². The predicted molar refractivity (Wildman–Crippen MR) is 117 cm³/mol. The molecule has 1 heterocycles. The number of nitrogens with one attached hydrogen (secondary N) is 1. The molecule has 0 unspecified atom stereocenters. The molecule has 0 fully saturated rings. The van der Waals surface area contributed by atoms with E-state index < -0.39 is 5.91 Å². The van der Waals surface area contributed by atoms with Gasteiger partial charge < -0.3 is 10.1 Å². The van der Waals surface area contributed by atoms with Crippen LogP contribution in [0.3, 0.4) is 0 Å². The number of aryl methyl sites for hydroxylation is 1. The molecule has 3 aromatic carbocycles. The summed E-state index contributed by atoms with van der Waals surface area (Å²) in [6.45, 7) is 4.49.